The fourth-order valence-electron chi connectivity index (χ4n) is 0.333. The Morgan fingerprint density at radius 2 is 2.00 bits per heavy atom. The van der Waals surface area contributed by atoms with E-state index < -0.39 is 16.1 Å². The first kappa shape index (κ1) is 19.7. The molecule has 0 aromatic rings. The van der Waals surface area contributed by atoms with Crippen molar-refractivity contribution in [2.24, 2.45) is 0 Å². The van der Waals surface area contributed by atoms with E-state index in [0.717, 1.165) is 6.08 Å². The summed E-state index contributed by atoms with van der Waals surface area (Å²) in [5.74, 6) is -0.637. The molecule has 7 heteroatoms. The van der Waals surface area contributed by atoms with Crippen molar-refractivity contribution in [3.63, 3.8) is 0 Å². The first-order valence-electron chi connectivity index (χ1n) is 3.51. The molecular weight excluding hydrogens is 219 g/mol. The number of carbonyl (C=O) groups is 1. The minimum Gasteiger partial charge on any atom is -0.748 e. The van der Waals surface area contributed by atoms with Crippen molar-refractivity contribution in [1.82, 2.24) is 0 Å². The minimum atomic E-state index is -3.92. The predicted molar refractivity (Wildman–Crippen MR) is 47.1 cm³/mol. The SMILES string of the molecule is C=CC(=O)OC.CCCS(=O)(=O)[O-].[Na+]. The molecule has 0 atom stereocenters. The van der Waals surface area contributed by atoms with E-state index in [1.807, 2.05) is 0 Å². The molecule has 0 aliphatic heterocycles. The normalized spacial score (nSPS) is 8.79. The predicted octanol–water partition coefficient (Wildman–Crippen LogP) is -2.71. The van der Waals surface area contributed by atoms with Gasteiger partial charge in [0, 0.05) is 11.8 Å². The van der Waals surface area contributed by atoms with Crippen molar-refractivity contribution in [3.05, 3.63) is 12.7 Å². The van der Waals surface area contributed by atoms with E-state index in [0.29, 0.717) is 6.42 Å². The minimum absolute atomic E-state index is 0. The summed E-state index contributed by atoms with van der Waals surface area (Å²) in [6, 6.07) is 0. The topological polar surface area (TPSA) is 83.5 Å². The summed E-state index contributed by atoms with van der Waals surface area (Å²) in [4.78, 5) is 9.84. The molecule has 0 aromatic carbocycles. The van der Waals surface area contributed by atoms with Crippen molar-refractivity contribution < 1.29 is 52.1 Å². The van der Waals surface area contributed by atoms with Crippen molar-refractivity contribution in [3.8, 4) is 0 Å². The van der Waals surface area contributed by atoms with Crippen LogP contribution >= 0.6 is 0 Å². The summed E-state index contributed by atoms with van der Waals surface area (Å²) in [6.07, 6.45) is 1.52. The van der Waals surface area contributed by atoms with Gasteiger partial charge < -0.3 is 9.29 Å². The molecular formula is C7H13NaO5S. The molecule has 0 bridgehead atoms. The van der Waals surface area contributed by atoms with Crippen LogP contribution in [0.2, 0.25) is 0 Å². The van der Waals surface area contributed by atoms with Crippen molar-refractivity contribution >= 4 is 16.1 Å². The second-order valence-electron chi connectivity index (χ2n) is 1.99. The Hall–Kier alpha value is 0.120. The Kier molecular flexibility index (Phi) is 15.7. The van der Waals surface area contributed by atoms with Crippen LogP contribution in [0, 0.1) is 0 Å². The molecule has 0 aromatic heterocycles. The van der Waals surface area contributed by atoms with Crippen LogP contribution in [0.5, 0.6) is 0 Å². The molecule has 0 spiro atoms. The molecule has 0 saturated heterocycles. The smallest absolute Gasteiger partial charge is 0.748 e. The van der Waals surface area contributed by atoms with Crippen LogP contribution in [0.15, 0.2) is 12.7 Å². The first-order valence-corrected chi connectivity index (χ1v) is 5.09. The van der Waals surface area contributed by atoms with E-state index in [-0.39, 0.29) is 35.3 Å². The summed E-state index contributed by atoms with van der Waals surface area (Å²) < 4.78 is 33.2. The van der Waals surface area contributed by atoms with E-state index >= 15 is 0 Å². The molecule has 0 rings (SSSR count). The Balaban J connectivity index is -0.000000163. The maximum absolute atomic E-state index is 9.84. The molecule has 0 radical (unpaired) electrons. The van der Waals surface area contributed by atoms with Crippen LogP contribution in [-0.2, 0) is 19.6 Å². The van der Waals surface area contributed by atoms with Gasteiger partial charge in [-0.15, -0.1) is 0 Å². The average Bonchev–Trinajstić information content (AvgIpc) is 2.02. The quantitative estimate of drug-likeness (QED) is 0.229. The van der Waals surface area contributed by atoms with Crippen LogP contribution in [0.3, 0.4) is 0 Å². The van der Waals surface area contributed by atoms with Crippen LogP contribution in [0.25, 0.3) is 0 Å². The molecule has 14 heavy (non-hydrogen) atoms. The Morgan fingerprint density at radius 1 is 1.57 bits per heavy atom. The van der Waals surface area contributed by atoms with Crippen LogP contribution in [-0.4, -0.2) is 31.8 Å². The maximum atomic E-state index is 9.84. The van der Waals surface area contributed by atoms with Gasteiger partial charge in [0.05, 0.1) is 17.2 Å². The molecule has 0 unspecified atom stereocenters. The van der Waals surface area contributed by atoms with Gasteiger partial charge in [-0.05, 0) is 6.42 Å². The first-order chi connectivity index (χ1) is 5.87. The Bertz CT molecular complexity index is 247. The maximum Gasteiger partial charge on any atom is 1.00 e. The zero-order valence-corrected chi connectivity index (χ0v) is 11.5. The number of rotatable bonds is 3. The third kappa shape index (κ3) is 22.7. The zero-order chi connectivity index (χ0) is 10.9. The van der Waals surface area contributed by atoms with Gasteiger partial charge in [-0.1, -0.05) is 13.5 Å². The van der Waals surface area contributed by atoms with E-state index in [1.54, 1.807) is 6.92 Å². The van der Waals surface area contributed by atoms with Crippen LogP contribution in [0.4, 0.5) is 0 Å². The second kappa shape index (κ2) is 11.2. The van der Waals surface area contributed by atoms with Gasteiger partial charge in [0.15, 0.2) is 0 Å². The van der Waals surface area contributed by atoms with Gasteiger partial charge in [0.25, 0.3) is 0 Å². The van der Waals surface area contributed by atoms with Gasteiger partial charge in [-0.2, -0.15) is 0 Å². The summed E-state index contributed by atoms with van der Waals surface area (Å²) in [6.45, 7) is 4.81. The van der Waals surface area contributed by atoms with Gasteiger partial charge in [-0.25, -0.2) is 13.2 Å². The van der Waals surface area contributed by atoms with Gasteiger partial charge in [-0.3, -0.25) is 0 Å². The summed E-state index contributed by atoms with van der Waals surface area (Å²) in [5.41, 5.74) is 0. The van der Waals surface area contributed by atoms with Crippen molar-refractivity contribution in [1.29, 1.82) is 0 Å². The number of hydrogen-bond acceptors (Lipinski definition) is 5. The van der Waals surface area contributed by atoms with E-state index in [2.05, 4.69) is 11.3 Å². The molecule has 0 amide bonds. The Labute approximate surface area is 107 Å². The number of ether oxygens (including phenoxy) is 1. The van der Waals surface area contributed by atoms with Crippen molar-refractivity contribution in [2.45, 2.75) is 13.3 Å². The number of esters is 1. The second-order valence-corrected chi connectivity index (χ2v) is 3.51. The summed E-state index contributed by atoms with van der Waals surface area (Å²) in [7, 11) is -2.61. The van der Waals surface area contributed by atoms with Crippen molar-refractivity contribution in [2.75, 3.05) is 12.9 Å². The fraction of sp³-hybridized carbons (Fsp3) is 0.571. The summed E-state index contributed by atoms with van der Waals surface area (Å²) in [5, 5.41) is 0. The molecule has 0 N–H and O–H groups in total. The Morgan fingerprint density at radius 3 is 2.00 bits per heavy atom. The van der Waals surface area contributed by atoms with Gasteiger partial charge >= 0.3 is 35.5 Å². The standard InChI is InChI=1S/C4H6O2.C3H8O3S.Na/c1-3-4(5)6-2;1-2-3-7(4,5)6;/h3H,1H2,2H3;2-3H2,1H3,(H,4,5,6);/q;;+1/p-1. The third-order valence-corrected chi connectivity index (χ3v) is 1.73. The number of carbonyl (C=O) groups excluding carboxylic acids is 1. The third-order valence-electron chi connectivity index (χ3n) is 0.822. The van der Waals surface area contributed by atoms with E-state index in [1.165, 1.54) is 7.11 Å². The van der Waals surface area contributed by atoms with E-state index in [9.17, 15) is 17.8 Å². The largest absolute Gasteiger partial charge is 1.00 e. The van der Waals surface area contributed by atoms with Crippen LogP contribution in [0.1, 0.15) is 13.3 Å². The summed E-state index contributed by atoms with van der Waals surface area (Å²) >= 11 is 0. The van der Waals surface area contributed by atoms with E-state index in [4.69, 9.17) is 0 Å². The zero-order valence-electron chi connectivity index (χ0n) is 8.65. The number of hydrogen-bond donors (Lipinski definition) is 0. The molecule has 0 fully saturated rings. The van der Waals surface area contributed by atoms with Gasteiger partial charge in [0.2, 0.25) is 0 Å². The molecule has 0 saturated carbocycles. The average molecular weight is 232 g/mol. The monoisotopic (exact) mass is 232 g/mol. The number of methoxy groups -OCH3 is 1. The molecule has 0 aliphatic rings. The molecule has 78 valence electrons. The molecule has 5 nitrogen and oxygen atoms in total. The van der Waals surface area contributed by atoms with Crippen LogP contribution < -0.4 is 29.6 Å². The molecule has 0 aliphatic carbocycles. The molecule has 0 heterocycles. The van der Waals surface area contributed by atoms with Gasteiger partial charge in [0.1, 0.15) is 0 Å². The fourth-order valence-corrected chi connectivity index (χ4v) is 0.833.